The van der Waals surface area contributed by atoms with Gasteiger partial charge in [0.15, 0.2) is 6.79 Å². The van der Waals surface area contributed by atoms with E-state index in [4.69, 9.17) is 9.47 Å². The highest BCUT2D eigenvalue weighted by Crippen LogP contribution is 2.53. The Labute approximate surface area is 198 Å². The van der Waals surface area contributed by atoms with Gasteiger partial charge in [0.1, 0.15) is 5.75 Å². The van der Waals surface area contributed by atoms with Crippen LogP contribution in [0.4, 0.5) is 5.69 Å². The summed E-state index contributed by atoms with van der Waals surface area (Å²) in [6, 6.07) is 13.6. The number of aryl methyl sites for hydroxylation is 1. The maximum atomic E-state index is 6.26. The number of anilines is 1. The molecule has 0 aliphatic carbocycles. The van der Waals surface area contributed by atoms with Crippen molar-refractivity contribution < 1.29 is 9.47 Å². The summed E-state index contributed by atoms with van der Waals surface area (Å²) in [6.45, 7) is 14.0. The second-order valence-electron chi connectivity index (χ2n) is 10.0. The summed E-state index contributed by atoms with van der Waals surface area (Å²) < 4.78 is 11.6. The minimum atomic E-state index is 0.0250. The number of methoxy groups -OCH3 is 1. The summed E-state index contributed by atoms with van der Waals surface area (Å²) >= 11 is 0. The molecule has 0 amide bonds. The van der Waals surface area contributed by atoms with Crippen LogP contribution in [0.15, 0.2) is 36.4 Å². The van der Waals surface area contributed by atoms with Gasteiger partial charge in [-0.1, -0.05) is 86.4 Å². The van der Waals surface area contributed by atoms with Crippen LogP contribution in [0, 0.1) is 6.92 Å². The molecule has 2 unspecified atom stereocenters. The van der Waals surface area contributed by atoms with Gasteiger partial charge in [-0.25, -0.2) is 0 Å². The Morgan fingerprint density at radius 3 is 2.28 bits per heavy atom. The third-order valence-corrected chi connectivity index (χ3v) is 8.34. The zero-order valence-electron chi connectivity index (χ0n) is 21.8. The highest BCUT2D eigenvalue weighted by molar-refractivity contribution is 7.49. The molecule has 0 spiro atoms. The Kier molecular flexibility index (Phi) is 9.61. The molecule has 3 nitrogen and oxygen atoms in total. The summed E-state index contributed by atoms with van der Waals surface area (Å²) in [4.78, 5) is 2.24. The summed E-state index contributed by atoms with van der Waals surface area (Å²) in [6.07, 6.45) is 4.61. The van der Waals surface area contributed by atoms with Crippen LogP contribution in [-0.2, 0) is 15.3 Å². The zero-order chi connectivity index (χ0) is 23.9. The molecule has 2 atom stereocenters. The molecule has 0 aliphatic rings. The van der Waals surface area contributed by atoms with E-state index in [0.29, 0.717) is 8.58 Å². The first-order valence-electron chi connectivity index (χ1n) is 11.9. The monoisotopic (exact) mass is 457 g/mol. The molecule has 0 aliphatic heterocycles. The molecule has 178 valence electrons. The first kappa shape index (κ1) is 26.7. The highest BCUT2D eigenvalue weighted by atomic mass is 31.1. The smallest absolute Gasteiger partial charge is 0.188 e. The maximum Gasteiger partial charge on any atom is 0.188 e. The van der Waals surface area contributed by atoms with E-state index in [1.807, 2.05) is 0 Å². The number of nitrogens with zero attached hydrogens (tertiary/aromatic N) is 1. The Morgan fingerprint density at radius 2 is 1.72 bits per heavy atom. The van der Waals surface area contributed by atoms with E-state index in [1.54, 1.807) is 7.11 Å². The van der Waals surface area contributed by atoms with Gasteiger partial charge in [-0.05, 0) is 47.7 Å². The van der Waals surface area contributed by atoms with Gasteiger partial charge in [0.2, 0.25) is 0 Å². The molecule has 4 heteroatoms. The number of rotatable bonds is 11. The fourth-order valence-corrected chi connectivity index (χ4v) is 6.23. The molecule has 2 aromatic carbocycles. The lowest BCUT2D eigenvalue weighted by molar-refractivity contribution is 0.0493. The molecular weight excluding hydrogens is 413 g/mol. The predicted molar refractivity (Wildman–Crippen MR) is 143 cm³/mol. The molecule has 0 radical (unpaired) electrons. The van der Waals surface area contributed by atoms with Gasteiger partial charge in [-0.2, -0.15) is 0 Å². The Morgan fingerprint density at radius 1 is 1.03 bits per heavy atom. The highest BCUT2D eigenvalue weighted by Gasteiger charge is 2.36. The van der Waals surface area contributed by atoms with E-state index >= 15 is 0 Å². The lowest BCUT2D eigenvalue weighted by Crippen LogP contribution is -2.27. The lowest BCUT2D eigenvalue weighted by Gasteiger charge is -2.38. The van der Waals surface area contributed by atoms with Gasteiger partial charge in [0, 0.05) is 37.6 Å². The Balaban J connectivity index is 2.76. The third-order valence-electron chi connectivity index (χ3n) is 6.30. The molecule has 0 fully saturated rings. The van der Waals surface area contributed by atoms with Gasteiger partial charge in [-0.3, -0.25) is 0 Å². The zero-order valence-corrected chi connectivity index (χ0v) is 22.8. The van der Waals surface area contributed by atoms with Crippen LogP contribution >= 0.6 is 8.58 Å². The summed E-state index contributed by atoms with van der Waals surface area (Å²) in [5.74, 6) is 1.01. The van der Waals surface area contributed by atoms with Crippen LogP contribution in [0.25, 0.3) is 0 Å². The van der Waals surface area contributed by atoms with Crippen LogP contribution in [0.2, 0.25) is 0 Å². The predicted octanol–water partition coefficient (Wildman–Crippen LogP) is 7.14. The molecular formula is C28H44NO2P. The second kappa shape index (κ2) is 11.5. The molecule has 0 bridgehead atoms. The number of hydrogen-bond donors (Lipinski definition) is 0. The van der Waals surface area contributed by atoms with Gasteiger partial charge >= 0.3 is 0 Å². The van der Waals surface area contributed by atoms with Gasteiger partial charge < -0.3 is 14.4 Å². The van der Waals surface area contributed by atoms with Crippen molar-refractivity contribution in [2.45, 2.75) is 77.8 Å². The molecule has 0 N–H and O–H groups in total. The standard InChI is InChI=1S/C28H44NO2P/c1-10-12-17-28(11-2,32-25-16-14-13-15-24(25)29(7)8)23-19-22(27(4,5)6)18-21(3)26(23)31-20-30-9/h13-16,18-19,32H,10-12,17,20H2,1-9H3. The van der Waals surface area contributed by atoms with E-state index < -0.39 is 0 Å². The van der Waals surface area contributed by atoms with E-state index in [-0.39, 0.29) is 17.4 Å². The molecule has 0 saturated carbocycles. The Hall–Kier alpha value is -1.57. The molecule has 2 rings (SSSR count). The van der Waals surface area contributed by atoms with Crippen molar-refractivity contribution in [3.8, 4) is 5.75 Å². The first-order valence-corrected chi connectivity index (χ1v) is 12.9. The first-order chi connectivity index (χ1) is 15.1. The fraction of sp³-hybridized carbons (Fsp3) is 0.571. The van der Waals surface area contributed by atoms with E-state index in [2.05, 4.69) is 96.9 Å². The quantitative estimate of drug-likeness (QED) is 0.264. The summed E-state index contributed by atoms with van der Waals surface area (Å²) in [7, 11) is 6.63. The Bertz CT molecular complexity index is 872. The maximum absolute atomic E-state index is 6.26. The van der Waals surface area contributed by atoms with Crippen molar-refractivity contribution in [1.29, 1.82) is 0 Å². The largest absolute Gasteiger partial charge is 0.467 e. The lowest BCUT2D eigenvalue weighted by atomic mass is 9.80. The molecule has 2 aromatic rings. The summed E-state index contributed by atoms with van der Waals surface area (Å²) in [5, 5.41) is 1.45. The van der Waals surface area contributed by atoms with Crippen molar-refractivity contribution in [2.75, 3.05) is 32.9 Å². The van der Waals surface area contributed by atoms with Gasteiger partial charge in [0.05, 0.1) is 0 Å². The van der Waals surface area contributed by atoms with Gasteiger partial charge in [-0.15, -0.1) is 0 Å². The molecule has 0 heterocycles. The topological polar surface area (TPSA) is 21.7 Å². The molecule has 32 heavy (non-hydrogen) atoms. The number of unbranched alkanes of at least 4 members (excludes halogenated alkanes) is 1. The summed E-state index contributed by atoms with van der Waals surface area (Å²) in [5.41, 5.74) is 5.30. The van der Waals surface area contributed by atoms with Crippen molar-refractivity contribution in [1.82, 2.24) is 0 Å². The van der Waals surface area contributed by atoms with Crippen LogP contribution in [0.1, 0.15) is 77.0 Å². The number of hydrogen-bond acceptors (Lipinski definition) is 3. The van der Waals surface area contributed by atoms with Crippen LogP contribution in [0.3, 0.4) is 0 Å². The van der Waals surface area contributed by atoms with Gasteiger partial charge in [0.25, 0.3) is 0 Å². The normalized spacial score (nSPS) is 14.0. The van der Waals surface area contributed by atoms with Crippen LogP contribution in [-0.4, -0.2) is 28.0 Å². The molecule has 0 saturated heterocycles. The van der Waals surface area contributed by atoms with Crippen LogP contribution in [0.5, 0.6) is 5.75 Å². The minimum absolute atomic E-state index is 0.0250. The third kappa shape index (κ3) is 6.27. The van der Waals surface area contributed by atoms with E-state index in [1.165, 1.54) is 40.5 Å². The van der Waals surface area contributed by atoms with E-state index in [9.17, 15) is 0 Å². The number of benzene rings is 2. The van der Waals surface area contributed by atoms with Crippen molar-refractivity contribution >= 4 is 19.6 Å². The number of ether oxygens (including phenoxy) is 2. The van der Waals surface area contributed by atoms with E-state index in [0.717, 1.165) is 18.6 Å². The molecule has 0 aromatic heterocycles. The van der Waals surface area contributed by atoms with Crippen LogP contribution < -0.4 is 14.9 Å². The van der Waals surface area contributed by atoms with Crippen molar-refractivity contribution in [3.63, 3.8) is 0 Å². The fourth-order valence-electron chi connectivity index (χ4n) is 4.30. The van der Waals surface area contributed by atoms with Crippen molar-refractivity contribution in [3.05, 3.63) is 53.1 Å². The second-order valence-corrected chi connectivity index (χ2v) is 11.8. The van der Waals surface area contributed by atoms with Crippen molar-refractivity contribution in [2.24, 2.45) is 0 Å². The average molecular weight is 458 g/mol. The minimum Gasteiger partial charge on any atom is -0.467 e. The number of para-hydroxylation sites is 1. The SMILES string of the molecule is CCCCC(CC)(Pc1ccccc1N(C)C)c1cc(C(C)(C)C)cc(C)c1OCOC. The average Bonchev–Trinajstić information content (AvgIpc) is 2.75.